The van der Waals surface area contributed by atoms with Gasteiger partial charge in [0.1, 0.15) is 4.88 Å². The van der Waals surface area contributed by atoms with Gasteiger partial charge in [-0.3, -0.25) is 4.79 Å². The second-order valence-corrected chi connectivity index (χ2v) is 6.96. The molecule has 0 aliphatic carbocycles. The van der Waals surface area contributed by atoms with Crippen LogP contribution in [0, 0.1) is 6.92 Å². The van der Waals surface area contributed by atoms with E-state index >= 15 is 0 Å². The lowest BCUT2D eigenvalue weighted by atomic mass is 10.0. The van der Waals surface area contributed by atoms with Crippen LogP contribution in [0.1, 0.15) is 57.4 Å². The molecule has 0 aliphatic heterocycles. The summed E-state index contributed by atoms with van der Waals surface area (Å²) in [5, 5.41) is 13.4. The number of carbonyl (C=O) groups is 1. The minimum absolute atomic E-state index is 0.175. The SMILES string of the molecule is Cc1nc(C(C)C)sc1C(=O)NC[C@H](O)c1ccccc1C(F)(F)F. The number of hydrogen-bond acceptors (Lipinski definition) is 4. The lowest BCUT2D eigenvalue weighted by molar-refractivity contribution is -0.139. The molecule has 1 aromatic carbocycles. The van der Waals surface area contributed by atoms with E-state index in [0.29, 0.717) is 10.6 Å². The quantitative estimate of drug-likeness (QED) is 0.832. The van der Waals surface area contributed by atoms with E-state index in [1.807, 2.05) is 13.8 Å². The molecule has 2 N–H and O–H groups in total. The first-order valence-electron chi connectivity index (χ1n) is 7.71. The molecule has 8 heteroatoms. The number of amides is 1. The van der Waals surface area contributed by atoms with Crippen LogP contribution < -0.4 is 5.32 Å². The van der Waals surface area contributed by atoms with Crippen LogP contribution in [0.4, 0.5) is 13.2 Å². The largest absolute Gasteiger partial charge is 0.416 e. The van der Waals surface area contributed by atoms with Crippen LogP contribution in [-0.4, -0.2) is 22.5 Å². The van der Waals surface area contributed by atoms with Crippen LogP contribution in [0.3, 0.4) is 0 Å². The monoisotopic (exact) mass is 372 g/mol. The van der Waals surface area contributed by atoms with E-state index in [1.165, 1.54) is 29.5 Å². The maximum atomic E-state index is 13.0. The van der Waals surface area contributed by atoms with Crippen molar-refractivity contribution in [2.24, 2.45) is 0 Å². The summed E-state index contributed by atoms with van der Waals surface area (Å²) in [7, 11) is 0. The standard InChI is InChI=1S/C17H19F3N2O2S/c1-9(2)16-22-10(3)14(25-16)15(24)21-8-13(23)11-6-4-5-7-12(11)17(18,19)20/h4-7,9,13,23H,8H2,1-3H3,(H,21,24)/t13-/m0/s1. The van der Waals surface area contributed by atoms with Crippen molar-refractivity contribution in [2.45, 2.75) is 39.0 Å². The molecule has 1 atom stereocenters. The Hall–Kier alpha value is -1.93. The maximum Gasteiger partial charge on any atom is 0.416 e. The van der Waals surface area contributed by atoms with E-state index in [1.54, 1.807) is 6.92 Å². The number of aromatic nitrogens is 1. The molecule has 1 heterocycles. The molecule has 1 aromatic heterocycles. The van der Waals surface area contributed by atoms with Crippen molar-refractivity contribution in [2.75, 3.05) is 6.54 Å². The molecule has 0 aliphatic rings. The molecule has 0 fully saturated rings. The first-order valence-corrected chi connectivity index (χ1v) is 8.52. The zero-order chi connectivity index (χ0) is 18.8. The van der Waals surface area contributed by atoms with Crippen molar-refractivity contribution in [1.82, 2.24) is 10.3 Å². The first kappa shape index (κ1) is 19.4. The van der Waals surface area contributed by atoms with Gasteiger partial charge in [0.15, 0.2) is 0 Å². The van der Waals surface area contributed by atoms with Crippen molar-refractivity contribution >= 4 is 17.2 Å². The Kier molecular flexibility index (Phi) is 5.84. The Labute approximate surface area is 147 Å². The van der Waals surface area contributed by atoms with E-state index in [-0.39, 0.29) is 18.0 Å². The Bertz CT molecular complexity index is 757. The number of aliphatic hydroxyl groups excluding tert-OH is 1. The number of nitrogens with zero attached hydrogens (tertiary/aromatic N) is 1. The number of aliphatic hydroxyl groups is 1. The number of rotatable bonds is 5. The lowest BCUT2D eigenvalue weighted by Gasteiger charge is -2.17. The van der Waals surface area contributed by atoms with E-state index in [9.17, 15) is 23.1 Å². The molecule has 25 heavy (non-hydrogen) atoms. The molecule has 2 rings (SSSR count). The molecule has 0 bridgehead atoms. The third-order valence-corrected chi connectivity index (χ3v) is 5.05. The zero-order valence-electron chi connectivity index (χ0n) is 14.0. The summed E-state index contributed by atoms with van der Waals surface area (Å²) >= 11 is 1.25. The highest BCUT2D eigenvalue weighted by molar-refractivity contribution is 7.13. The summed E-state index contributed by atoms with van der Waals surface area (Å²) in [5.74, 6) is -0.278. The number of thiazole rings is 1. The second-order valence-electron chi connectivity index (χ2n) is 5.93. The molecule has 0 saturated carbocycles. The number of carbonyl (C=O) groups excluding carboxylic acids is 1. The third-order valence-electron chi connectivity index (χ3n) is 3.59. The predicted molar refractivity (Wildman–Crippen MR) is 89.7 cm³/mol. The molecular formula is C17H19F3N2O2S. The van der Waals surface area contributed by atoms with Gasteiger partial charge in [-0.2, -0.15) is 13.2 Å². The van der Waals surface area contributed by atoms with Crippen LogP contribution >= 0.6 is 11.3 Å². The summed E-state index contributed by atoms with van der Waals surface area (Å²) in [4.78, 5) is 17.0. The van der Waals surface area contributed by atoms with Gasteiger partial charge in [-0.25, -0.2) is 4.98 Å². The smallest absolute Gasteiger partial charge is 0.387 e. The Morgan fingerprint density at radius 2 is 1.96 bits per heavy atom. The fourth-order valence-electron chi connectivity index (χ4n) is 2.30. The zero-order valence-corrected chi connectivity index (χ0v) is 14.8. The van der Waals surface area contributed by atoms with Crippen molar-refractivity contribution in [3.63, 3.8) is 0 Å². The van der Waals surface area contributed by atoms with Gasteiger partial charge in [-0.1, -0.05) is 32.0 Å². The van der Waals surface area contributed by atoms with Gasteiger partial charge in [0.25, 0.3) is 5.91 Å². The van der Waals surface area contributed by atoms with E-state index in [0.717, 1.165) is 11.1 Å². The fraction of sp³-hybridized carbons (Fsp3) is 0.412. The Morgan fingerprint density at radius 1 is 1.32 bits per heavy atom. The number of nitrogens with one attached hydrogen (secondary N) is 1. The number of alkyl halides is 3. The van der Waals surface area contributed by atoms with Gasteiger partial charge in [-0.15, -0.1) is 11.3 Å². The Morgan fingerprint density at radius 3 is 2.52 bits per heavy atom. The normalized spacial score (nSPS) is 13.1. The van der Waals surface area contributed by atoms with E-state index in [2.05, 4.69) is 10.3 Å². The minimum Gasteiger partial charge on any atom is -0.387 e. The van der Waals surface area contributed by atoms with Crippen molar-refractivity contribution < 1.29 is 23.1 Å². The summed E-state index contributed by atoms with van der Waals surface area (Å²) in [6.45, 7) is 5.29. The van der Waals surface area contributed by atoms with Gasteiger partial charge >= 0.3 is 6.18 Å². The average Bonchev–Trinajstić information content (AvgIpc) is 2.93. The highest BCUT2D eigenvalue weighted by atomic mass is 32.1. The lowest BCUT2D eigenvalue weighted by Crippen LogP contribution is -2.29. The molecule has 136 valence electrons. The summed E-state index contributed by atoms with van der Waals surface area (Å²) in [6, 6.07) is 4.78. The van der Waals surface area contributed by atoms with Crippen LogP contribution in [-0.2, 0) is 6.18 Å². The van der Waals surface area contributed by atoms with Crippen LogP contribution in [0.25, 0.3) is 0 Å². The Balaban J connectivity index is 2.10. The molecule has 4 nitrogen and oxygen atoms in total. The molecule has 0 unspecified atom stereocenters. The van der Waals surface area contributed by atoms with Gasteiger partial charge in [0.05, 0.1) is 22.4 Å². The van der Waals surface area contributed by atoms with E-state index in [4.69, 9.17) is 0 Å². The average molecular weight is 372 g/mol. The van der Waals surface area contributed by atoms with Crippen molar-refractivity contribution in [3.05, 3.63) is 51.0 Å². The van der Waals surface area contributed by atoms with Crippen molar-refractivity contribution in [3.8, 4) is 0 Å². The highest BCUT2D eigenvalue weighted by Gasteiger charge is 2.34. The topological polar surface area (TPSA) is 62.2 Å². The maximum absolute atomic E-state index is 13.0. The van der Waals surface area contributed by atoms with Crippen molar-refractivity contribution in [1.29, 1.82) is 0 Å². The molecule has 1 amide bonds. The van der Waals surface area contributed by atoms with Crippen LogP contribution in [0.15, 0.2) is 24.3 Å². The predicted octanol–water partition coefficient (Wildman–Crippen LogP) is 4.06. The van der Waals surface area contributed by atoms with Gasteiger partial charge < -0.3 is 10.4 Å². The number of aryl methyl sites for hydroxylation is 1. The molecule has 0 saturated heterocycles. The molecule has 0 radical (unpaired) electrons. The van der Waals surface area contributed by atoms with E-state index < -0.39 is 23.8 Å². The highest BCUT2D eigenvalue weighted by Crippen LogP contribution is 2.34. The van der Waals surface area contributed by atoms with Crippen LogP contribution in [0.5, 0.6) is 0 Å². The summed E-state index contributed by atoms with van der Waals surface area (Å²) in [5.41, 5.74) is -0.608. The number of hydrogen-bond donors (Lipinski definition) is 2. The van der Waals surface area contributed by atoms with Gasteiger partial charge in [-0.05, 0) is 18.6 Å². The molecular weight excluding hydrogens is 353 g/mol. The number of halogens is 3. The van der Waals surface area contributed by atoms with Crippen LogP contribution in [0.2, 0.25) is 0 Å². The minimum atomic E-state index is -4.57. The second kappa shape index (κ2) is 7.53. The first-order chi connectivity index (χ1) is 11.6. The van der Waals surface area contributed by atoms with Gasteiger partial charge in [0, 0.05) is 12.5 Å². The summed E-state index contributed by atoms with van der Waals surface area (Å²) in [6.07, 6.45) is -6.03. The van der Waals surface area contributed by atoms with Gasteiger partial charge in [0.2, 0.25) is 0 Å². The summed E-state index contributed by atoms with van der Waals surface area (Å²) < 4.78 is 39.0. The number of benzene rings is 1. The third kappa shape index (κ3) is 4.58. The fourth-order valence-corrected chi connectivity index (χ4v) is 3.29. The molecule has 0 spiro atoms. The molecule has 2 aromatic rings.